The van der Waals surface area contributed by atoms with Crippen LogP contribution in [0.25, 0.3) is 0 Å². The van der Waals surface area contributed by atoms with Crippen LogP contribution in [0.3, 0.4) is 0 Å². The molecule has 2 aromatic rings. The van der Waals surface area contributed by atoms with Crippen LogP contribution >= 0.6 is 11.3 Å². The molecule has 0 spiro atoms. The predicted octanol–water partition coefficient (Wildman–Crippen LogP) is 4.17. The Morgan fingerprint density at radius 2 is 2.14 bits per heavy atom. The number of rotatable bonds is 8. The van der Waals surface area contributed by atoms with Gasteiger partial charge in [0.2, 0.25) is 0 Å². The summed E-state index contributed by atoms with van der Waals surface area (Å²) < 4.78 is 5.45. The van der Waals surface area contributed by atoms with Gasteiger partial charge in [-0.05, 0) is 37.2 Å². The maximum absolute atomic E-state index is 5.45. The molecular weight excluding hydrogens is 280 g/mol. The predicted molar refractivity (Wildman–Crippen MR) is 89.5 cm³/mol. The summed E-state index contributed by atoms with van der Waals surface area (Å²) in [7, 11) is 0. The molecule has 0 radical (unpaired) electrons. The molecule has 0 amide bonds. The summed E-state index contributed by atoms with van der Waals surface area (Å²) in [6.07, 6.45) is 1.74. The molecule has 0 fully saturated rings. The molecule has 116 valence electrons. The highest BCUT2D eigenvalue weighted by Gasteiger charge is 2.11. The molecule has 4 heteroatoms. The Balaban J connectivity index is 1.97. The topological polar surface area (TPSA) is 28.4 Å². The van der Waals surface area contributed by atoms with Crippen molar-refractivity contribution in [3.63, 3.8) is 0 Å². The highest BCUT2D eigenvalue weighted by Crippen LogP contribution is 2.23. The van der Waals surface area contributed by atoms with E-state index in [9.17, 15) is 0 Å². The van der Waals surface area contributed by atoms with E-state index in [0.29, 0.717) is 6.04 Å². The Morgan fingerprint density at radius 1 is 1.33 bits per heavy atom. The van der Waals surface area contributed by atoms with Crippen molar-refractivity contribution in [1.29, 1.82) is 0 Å². The summed E-state index contributed by atoms with van der Waals surface area (Å²) in [5.41, 5.74) is 1.44. The van der Waals surface area contributed by atoms with E-state index in [4.69, 9.17) is 4.42 Å². The Labute approximate surface area is 132 Å². The molecule has 21 heavy (non-hydrogen) atoms. The van der Waals surface area contributed by atoms with Crippen LogP contribution in [0.4, 0.5) is 0 Å². The molecule has 3 nitrogen and oxygen atoms in total. The largest absolute Gasteiger partial charge is 0.468 e. The lowest BCUT2D eigenvalue weighted by molar-refractivity contribution is 0.247. The van der Waals surface area contributed by atoms with Crippen molar-refractivity contribution in [2.45, 2.75) is 53.4 Å². The van der Waals surface area contributed by atoms with Crippen LogP contribution in [0.15, 0.2) is 28.9 Å². The molecule has 0 saturated heterocycles. The van der Waals surface area contributed by atoms with Crippen molar-refractivity contribution < 1.29 is 4.42 Å². The first kappa shape index (κ1) is 16.3. The van der Waals surface area contributed by atoms with E-state index in [1.165, 1.54) is 15.3 Å². The van der Waals surface area contributed by atoms with Gasteiger partial charge in [-0.3, -0.25) is 4.90 Å². The van der Waals surface area contributed by atoms with Crippen molar-refractivity contribution in [2.24, 2.45) is 0 Å². The Kier molecular flexibility index (Phi) is 6.03. The van der Waals surface area contributed by atoms with Gasteiger partial charge in [0, 0.05) is 28.9 Å². The van der Waals surface area contributed by atoms with Gasteiger partial charge in [-0.1, -0.05) is 20.8 Å². The minimum absolute atomic E-state index is 0.530. The van der Waals surface area contributed by atoms with Crippen molar-refractivity contribution in [2.75, 3.05) is 6.54 Å². The van der Waals surface area contributed by atoms with E-state index < -0.39 is 0 Å². The number of nitrogens with zero attached hydrogens (tertiary/aromatic N) is 1. The first-order chi connectivity index (χ1) is 10.1. The molecule has 0 aromatic carbocycles. The summed E-state index contributed by atoms with van der Waals surface area (Å²) in [6, 6.07) is 6.87. The normalized spacial score (nSPS) is 11.7. The maximum atomic E-state index is 5.45. The lowest BCUT2D eigenvalue weighted by Crippen LogP contribution is -2.22. The first-order valence-corrected chi connectivity index (χ1v) is 8.46. The van der Waals surface area contributed by atoms with Gasteiger partial charge in [-0.15, -0.1) is 11.3 Å². The third kappa shape index (κ3) is 4.99. The Morgan fingerprint density at radius 3 is 2.76 bits per heavy atom. The van der Waals surface area contributed by atoms with Gasteiger partial charge in [-0.2, -0.15) is 0 Å². The quantitative estimate of drug-likeness (QED) is 0.793. The van der Waals surface area contributed by atoms with E-state index in [0.717, 1.165) is 31.9 Å². The molecule has 0 aliphatic rings. The summed E-state index contributed by atoms with van der Waals surface area (Å²) >= 11 is 1.90. The van der Waals surface area contributed by atoms with Gasteiger partial charge >= 0.3 is 0 Å². The standard InChI is InChI=1S/C17H26N2OS/c1-5-19(12-16-7-6-8-20-16)11-15-9-17(21-14(15)4)10-18-13(2)3/h6-9,13,18H,5,10-12H2,1-4H3. The minimum atomic E-state index is 0.530. The fourth-order valence-electron chi connectivity index (χ4n) is 2.28. The van der Waals surface area contributed by atoms with Crippen molar-refractivity contribution in [1.82, 2.24) is 10.2 Å². The van der Waals surface area contributed by atoms with Crippen LogP contribution in [0.1, 0.15) is 41.8 Å². The molecule has 2 rings (SSSR count). The molecule has 0 unspecified atom stereocenters. The van der Waals surface area contributed by atoms with Crippen LogP contribution in [-0.2, 0) is 19.6 Å². The zero-order chi connectivity index (χ0) is 15.2. The smallest absolute Gasteiger partial charge is 0.117 e. The number of thiophene rings is 1. The molecule has 0 atom stereocenters. The molecule has 1 N–H and O–H groups in total. The van der Waals surface area contributed by atoms with Gasteiger partial charge in [0.25, 0.3) is 0 Å². The fraction of sp³-hybridized carbons (Fsp3) is 0.529. The number of nitrogens with one attached hydrogen (secondary N) is 1. The molecule has 2 aromatic heterocycles. The Bertz CT molecular complexity index is 531. The molecular formula is C17H26N2OS. The van der Waals surface area contributed by atoms with E-state index >= 15 is 0 Å². The minimum Gasteiger partial charge on any atom is -0.468 e. The average molecular weight is 306 g/mol. The van der Waals surface area contributed by atoms with Crippen LogP contribution in [-0.4, -0.2) is 17.5 Å². The molecule has 2 heterocycles. The lowest BCUT2D eigenvalue weighted by Gasteiger charge is -2.18. The third-order valence-electron chi connectivity index (χ3n) is 3.56. The lowest BCUT2D eigenvalue weighted by atomic mass is 10.2. The number of hydrogen-bond donors (Lipinski definition) is 1. The molecule has 0 aliphatic heterocycles. The number of aryl methyl sites for hydroxylation is 1. The van der Waals surface area contributed by atoms with Gasteiger partial charge in [0.05, 0.1) is 12.8 Å². The van der Waals surface area contributed by atoms with Crippen LogP contribution in [0.2, 0.25) is 0 Å². The van der Waals surface area contributed by atoms with E-state index in [-0.39, 0.29) is 0 Å². The van der Waals surface area contributed by atoms with E-state index in [1.807, 2.05) is 23.5 Å². The highest BCUT2D eigenvalue weighted by molar-refractivity contribution is 7.12. The average Bonchev–Trinajstić information content (AvgIpc) is 3.06. The van der Waals surface area contributed by atoms with Crippen LogP contribution in [0.5, 0.6) is 0 Å². The SMILES string of the molecule is CCN(Cc1ccco1)Cc1cc(CNC(C)C)sc1C. The second-order valence-electron chi connectivity index (χ2n) is 5.71. The van der Waals surface area contributed by atoms with Crippen molar-refractivity contribution >= 4 is 11.3 Å². The monoisotopic (exact) mass is 306 g/mol. The van der Waals surface area contributed by atoms with Gasteiger partial charge in [0.1, 0.15) is 5.76 Å². The summed E-state index contributed by atoms with van der Waals surface area (Å²) in [6.45, 7) is 12.6. The van der Waals surface area contributed by atoms with Crippen LogP contribution in [0, 0.1) is 6.92 Å². The number of furan rings is 1. The second kappa shape index (κ2) is 7.78. The molecule has 0 aliphatic carbocycles. The molecule has 0 bridgehead atoms. The third-order valence-corrected chi connectivity index (χ3v) is 4.65. The van der Waals surface area contributed by atoms with Gasteiger partial charge < -0.3 is 9.73 Å². The van der Waals surface area contributed by atoms with E-state index in [2.05, 4.69) is 44.0 Å². The Hall–Kier alpha value is -1.10. The summed E-state index contributed by atoms with van der Waals surface area (Å²) in [5.74, 6) is 1.03. The summed E-state index contributed by atoms with van der Waals surface area (Å²) in [4.78, 5) is 5.26. The second-order valence-corrected chi connectivity index (χ2v) is 7.05. The van der Waals surface area contributed by atoms with Gasteiger partial charge in [0.15, 0.2) is 0 Å². The summed E-state index contributed by atoms with van der Waals surface area (Å²) in [5, 5.41) is 3.49. The highest BCUT2D eigenvalue weighted by atomic mass is 32.1. The van der Waals surface area contributed by atoms with Crippen molar-refractivity contribution in [3.8, 4) is 0 Å². The van der Waals surface area contributed by atoms with Gasteiger partial charge in [-0.25, -0.2) is 0 Å². The molecule has 0 saturated carbocycles. The zero-order valence-electron chi connectivity index (χ0n) is 13.5. The maximum Gasteiger partial charge on any atom is 0.117 e. The zero-order valence-corrected chi connectivity index (χ0v) is 14.3. The number of hydrogen-bond acceptors (Lipinski definition) is 4. The van der Waals surface area contributed by atoms with E-state index in [1.54, 1.807) is 6.26 Å². The fourth-order valence-corrected chi connectivity index (χ4v) is 3.28. The first-order valence-electron chi connectivity index (χ1n) is 7.64. The van der Waals surface area contributed by atoms with Crippen LogP contribution < -0.4 is 5.32 Å². The van der Waals surface area contributed by atoms with Crippen molar-refractivity contribution in [3.05, 3.63) is 45.5 Å².